The molecule has 2 rings (SSSR count). The van der Waals surface area contributed by atoms with E-state index >= 15 is 0 Å². The number of hydrogen-bond donors (Lipinski definition) is 2. The van der Waals surface area contributed by atoms with Crippen molar-refractivity contribution in [1.82, 2.24) is 19.9 Å². The Labute approximate surface area is 126 Å². The molecule has 0 atom stereocenters. The fraction of sp³-hybridized carbons (Fsp3) is 0.786. The Balaban J connectivity index is 1.80. The van der Waals surface area contributed by atoms with Gasteiger partial charge in [0, 0.05) is 13.6 Å². The molecule has 2 heterocycles. The molecule has 0 bridgehead atoms. The second kappa shape index (κ2) is 8.61. The molecule has 7 nitrogen and oxygen atoms in total. The van der Waals surface area contributed by atoms with Crippen molar-refractivity contribution < 1.29 is 4.74 Å². The third-order valence-electron chi connectivity index (χ3n) is 3.41. The van der Waals surface area contributed by atoms with Crippen LogP contribution in [0.5, 0.6) is 6.01 Å². The summed E-state index contributed by atoms with van der Waals surface area (Å²) >= 11 is 0. The molecule has 1 saturated heterocycles. The van der Waals surface area contributed by atoms with Crippen molar-refractivity contribution in [2.75, 3.05) is 50.5 Å². The molecule has 0 amide bonds. The molecule has 21 heavy (non-hydrogen) atoms. The van der Waals surface area contributed by atoms with Gasteiger partial charge < -0.3 is 20.3 Å². The molecule has 1 aromatic heterocycles. The predicted molar refractivity (Wildman–Crippen MR) is 83.9 cm³/mol. The summed E-state index contributed by atoms with van der Waals surface area (Å²) in [5, 5.41) is 6.18. The van der Waals surface area contributed by atoms with E-state index in [1.165, 1.54) is 25.9 Å². The lowest BCUT2D eigenvalue weighted by Gasteiger charge is -2.14. The smallest absolute Gasteiger partial charge is 0.323 e. The summed E-state index contributed by atoms with van der Waals surface area (Å²) in [5.41, 5.74) is 0. The Hall–Kier alpha value is -1.63. The summed E-state index contributed by atoms with van der Waals surface area (Å²) in [6, 6.07) is 0.373. The number of rotatable bonds is 9. The highest BCUT2D eigenvalue weighted by Gasteiger charge is 2.10. The van der Waals surface area contributed by atoms with Crippen molar-refractivity contribution >= 4 is 11.9 Å². The lowest BCUT2D eigenvalue weighted by molar-refractivity contribution is 0.292. The van der Waals surface area contributed by atoms with E-state index in [1.807, 2.05) is 0 Å². The lowest BCUT2D eigenvalue weighted by Crippen LogP contribution is -2.22. The van der Waals surface area contributed by atoms with Crippen LogP contribution in [-0.4, -0.2) is 59.7 Å². The van der Waals surface area contributed by atoms with Crippen molar-refractivity contribution in [3.8, 4) is 6.01 Å². The Morgan fingerprint density at radius 1 is 1.14 bits per heavy atom. The van der Waals surface area contributed by atoms with E-state index < -0.39 is 0 Å². The Morgan fingerprint density at radius 3 is 2.62 bits per heavy atom. The maximum atomic E-state index is 5.48. The predicted octanol–water partition coefficient (Wildman–Crippen LogP) is 1.60. The molecule has 118 valence electrons. The first kappa shape index (κ1) is 15.8. The van der Waals surface area contributed by atoms with Gasteiger partial charge in [-0.3, -0.25) is 0 Å². The summed E-state index contributed by atoms with van der Waals surface area (Å²) in [6.45, 7) is 7.14. The van der Waals surface area contributed by atoms with E-state index in [2.05, 4.69) is 37.4 Å². The maximum absolute atomic E-state index is 5.48. The monoisotopic (exact) mass is 294 g/mol. The molecule has 0 spiro atoms. The van der Waals surface area contributed by atoms with Crippen LogP contribution in [-0.2, 0) is 0 Å². The average Bonchev–Trinajstić information content (AvgIpc) is 3.02. The van der Waals surface area contributed by atoms with Crippen LogP contribution in [0.25, 0.3) is 0 Å². The number of nitrogens with one attached hydrogen (secondary N) is 2. The highest BCUT2D eigenvalue weighted by atomic mass is 16.5. The van der Waals surface area contributed by atoms with Gasteiger partial charge in [0.1, 0.15) is 0 Å². The van der Waals surface area contributed by atoms with Gasteiger partial charge in [-0.1, -0.05) is 6.92 Å². The minimum atomic E-state index is 0.373. The fourth-order valence-corrected chi connectivity index (χ4v) is 2.31. The van der Waals surface area contributed by atoms with Crippen molar-refractivity contribution in [2.24, 2.45) is 0 Å². The zero-order chi connectivity index (χ0) is 14.9. The minimum absolute atomic E-state index is 0.373. The quantitative estimate of drug-likeness (QED) is 0.670. The number of anilines is 2. The van der Waals surface area contributed by atoms with E-state index in [0.717, 1.165) is 25.9 Å². The van der Waals surface area contributed by atoms with Gasteiger partial charge in [-0.05, 0) is 45.3 Å². The van der Waals surface area contributed by atoms with Gasteiger partial charge in [0.05, 0.1) is 6.61 Å². The van der Waals surface area contributed by atoms with E-state index in [-0.39, 0.29) is 0 Å². The highest BCUT2D eigenvalue weighted by molar-refractivity contribution is 5.35. The maximum Gasteiger partial charge on any atom is 0.323 e. The van der Waals surface area contributed by atoms with Gasteiger partial charge in [-0.2, -0.15) is 15.0 Å². The molecule has 0 aromatic carbocycles. The summed E-state index contributed by atoms with van der Waals surface area (Å²) < 4.78 is 5.48. The van der Waals surface area contributed by atoms with Crippen LogP contribution in [0, 0.1) is 0 Å². The second-order valence-corrected chi connectivity index (χ2v) is 5.19. The van der Waals surface area contributed by atoms with Gasteiger partial charge in [-0.15, -0.1) is 0 Å². The van der Waals surface area contributed by atoms with Crippen LogP contribution in [0.1, 0.15) is 32.6 Å². The molecule has 0 saturated carbocycles. The fourth-order valence-electron chi connectivity index (χ4n) is 2.31. The summed E-state index contributed by atoms with van der Waals surface area (Å²) in [5.74, 6) is 1.10. The Kier molecular flexibility index (Phi) is 6.46. The largest absolute Gasteiger partial charge is 0.463 e. The van der Waals surface area contributed by atoms with Crippen LogP contribution in [0.3, 0.4) is 0 Å². The summed E-state index contributed by atoms with van der Waals surface area (Å²) in [6.07, 6.45) is 4.69. The first-order chi connectivity index (χ1) is 10.3. The summed E-state index contributed by atoms with van der Waals surface area (Å²) in [7, 11) is 1.79. The van der Waals surface area contributed by atoms with E-state index in [9.17, 15) is 0 Å². The zero-order valence-electron chi connectivity index (χ0n) is 13.1. The molecule has 1 fully saturated rings. The van der Waals surface area contributed by atoms with E-state index in [0.29, 0.717) is 24.5 Å². The van der Waals surface area contributed by atoms with Crippen molar-refractivity contribution in [3.63, 3.8) is 0 Å². The summed E-state index contributed by atoms with van der Waals surface area (Å²) in [4.78, 5) is 15.3. The molecule has 1 aromatic rings. The van der Waals surface area contributed by atoms with Gasteiger partial charge in [0.2, 0.25) is 11.9 Å². The van der Waals surface area contributed by atoms with Gasteiger partial charge >= 0.3 is 6.01 Å². The Bertz CT molecular complexity index is 422. The molecule has 1 aliphatic rings. The number of likely N-dealkylation sites (tertiary alicyclic amines) is 1. The molecule has 7 heteroatoms. The molecule has 2 N–H and O–H groups in total. The van der Waals surface area contributed by atoms with Crippen LogP contribution >= 0.6 is 0 Å². The first-order valence-corrected chi connectivity index (χ1v) is 7.84. The normalized spacial score (nSPS) is 15.1. The lowest BCUT2D eigenvalue weighted by atomic mass is 10.4. The average molecular weight is 294 g/mol. The van der Waals surface area contributed by atoms with Crippen LogP contribution in [0.4, 0.5) is 11.9 Å². The zero-order valence-corrected chi connectivity index (χ0v) is 13.1. The topological polar surface area (TPSA) is 75.2 Å². The minimum Gasteiger partial charge on any atom is -0.463 e. The number of ether oxygens (including phenoxy) is 1. The third-order valence-corrected chi connectivity index (χ3v) is 3.41. The van der Waals surface area contributed by atoms with E-state index in [1.54, 1.807) is 7.05 Å². The molecule has 1 aliphatic heterocycles. The molecular weight excluding hydrogens is 268 g/mol. The van der Waals surface area contributed by atoms with Crippen molar-refractivity contribution in [1.29, 1.82) is 0 Å². The van der Waals surface area contributed by atoms with Crippen LogP contribution in [0.15, 0.2) is 0 Å². The van der Waals surface area contributed by atoms with Crippen molar-refractivity contribution in [3.05, 3.63) is 0 Å². The van der Waals surface area contributed by atoms with E-state index in [4.69, 9.17) is 4.74 Å². The SMILES string of the molecule is CCCOc1nc(NC)nc(NCCCN2CCCC2)n1. The molecular formula is C14H26N6O. The molecule has 0 radical (unpaired) electrons. The third kappa shape index (κ3) is 5.34. The van der Waals surface area contributed by atoms with Gasteiger partial charge in [-0.25, -0.2) is 0 Å². The van der Waals surface area contributed by atoms with Gasteiger partial charge in [0.25, 0.3) is 0 Å². The highest BCUT2D eigenvalue weighted by Crippen LogP contribution is 2.11. The number of hydrogen-bond acceptors (Lipinski definition) is 7. The van der Waals surface area contributed by atoms with Crippen LogP contribution < -0.4 is 15.4 Å². The first-order valence-electron chi connectivity index (χ1n) is 7.84. The standard InChI is InChI=1S/C14H26N6O/c1-3-11-21-14-18-12(15-2)17-13(19-14)16-7-6-10-20-8-4-5-9-20/h3-11H2,1-2H3,(H2,15,16,17,18,19). The number of aromatic nitrogens is 3. The Morgan fingerprint density at radius 2 is 1.90 bits per heavy atom. The van der Waals surface area contributed by atoms with Crippen LogP contribution in [0.2, 0.25) is 0 Å². The molecule has 0 aliphatic carbocycles. The second-order valence-electron chi connectivity index (χ2n) is 5.19. The number of nitrogens with zero attached hydrogens (tertiary/aromatic N) is 4. The van der Waals surface area contributed by atoms with Gasteiger partial charge in [0.15, 0.2) is 0 Å². The molecule has 0 unspecified atom stereocenters. The van der Waals surface area contributed by atoms with Crippen molar-refractivity contribution in [2.45, 2.75) is 32.6 Å².